The van der Waals surface area contributed by atoms with Gasteiger partial charge >= 0.3 is 5.97 Å². The van der Waals surface area contributed by atoms with Gasteiger partial charge in [0.1, 0.15) is 0 Å². The van der Waals surface area contributed by atoms with Gasteiger partial charge in [-0.2, -0.15) is 0 Å². The summed E-state index contributed by atoms with van der Waals surface area (Å²) in [5.74, 6) is -0.795. The molecule has 4 heteroatoms. The summed E-state index contributed by atoms with van der Waals surface area (Å²) in [5, 5.41) is 8.74. The van der Waals surface area contributed by atoms with Crippen LogP contribution in [0.2, 0.25) is 0 Å². The Hall–Kier alpha value is -1.84. The van der Waals surface area contributed by atoms with Crippen molar-refractivity contribution in [3.8, 4) is 0 Å². The minimum atomic E-state index is -0.833. The first-order valence-corrected chi connectivity index (χ1v) is 6.97. The lowest BCUT2D eigenvalue weighted by atomic mass is 9.88. The van der Waals surface area contributed by atoms with E-state index in [4.69, 9.17) is 5.11 Å². The Balaban J connectivity index is 2.90. The van der Waals surface area contributed by atoms with Crippen LogP contribution in [-0.2, 0) is 9.59 Å². The normalized spacial score (nSPS) is 11.2. The molecule has 0 aliphatic rings. The second-order valence-electron chi connectivity index (χ2n) is 5.53. The molecule has 0 aliphatic heterocycles. The molecule has 0 aromatic heterocycles. The largest absolute Gasteiger partial charge is 0.481 e. The molecule has 4 nitrogen and oxygen atoms in total. The molecule has 0 radical (unpaired) electrons. The summed E-state index contributed by atoms with van der Waals surface area (Å²) in [6.45, 7) is 6.25. The third-order valence-corrected chi connectivity index (χ3v) is 3.55. The smallest absolute Gasteiger partial charge is 0.303 e. The van der Waals surface area contributed by atoms with Crippen LogP contribution in [0.15, 0.2) is 30.3 Å². The van der Waals surface area contributed by atoms with Crippen LogP contribution in [0.3, 0.4) is 0 Å². The van der Waals surface area contributed by atoms with Gasteiger partial charge in [0.2, 0.25) is 5.91 Å². The molecule has 1 amide bonds. The average Bonchev–Trinajstić information content (AvgIpc) is 2.43. The molecule has 0 aliphatic carbocycles. The predicted molar refractivity (Wildman–Crippen MR) is 79.7 cm³/mol. The number of carbonyl (C=O) groups is 2. The number of para-hydroxylation sites is 1. The Morgan fingerprint density at radius 3 is 2.30 bits per heavy atom. The SMILES string of the molecule is CCC(C)(C)C(=O)N(CCCC(=O)O)c1ccccc1. The molecule has 0 fully saturated rings. The number of nitrogens with zero attached hydrogens (tertiary/aromatic N) is 1. The van der Waals surface area contributed by atoms with Gasteiger partial charge in [-0.15, -0.1) is 0 Å². The number of carbonyl (C=O) groups excluding carboxylic acids is 1. The predicted octanol–water partition coefficient (Wildman–Crippen LogP) is 3.32. The first kappa shape index (κ1) is 16.2. The lowest BCUT2D eigenvalue weighted by Gasteiger charge is -2.31. The van der Waals surface area contributed by atoms with E-state index in [1.807, 2.05) is 51.1 Å². The van der Waals surface area contributed by atoms with Crippen LogP contribution in [0.25, 0.3) is 0 Å². The van der Waals surface area contributed by atoms with Crippen molar-refractivity contribution in [3.63, 3.8) is 0 Å². The van der Waals surface area contributed by atoms with Gasteiger partial charge in [-0.3, -0.25) is 9.59 Å². The first-order chi connectivity index (χ1) is 9.38. The summed E-state index contributed by atoms with van der Waals surface area (Å²) in [6, 6.07) is 9.42. The molecule has 1 aromatic carbocycles. The zero-order valence-corrected chi connectivity index (χ0v) is 12.4. The number of hydrogen-bond acceptors (Lipinski definition) is 2. The van der Waals surface area contributed by atoms with Crippen molar-refractivity contribution in [2.75, 3.05) is 11.4 Å². The van der Waals surface area contributed by atoms with E-state index in [9.17, 15) is 9.59 Å². The molecule has 1 N–H and O–H groups in total. The summed E-state index contributed by atoms with van der Waals surface area (Å²) < 4.78 is 0. The number of anilines is 1. The van der Waals surface area contributed by atoms with E-state index < -0.39 is 11.4 Å². The molecule has 0 spiro atoms. The van der Waals surface area contributed by atoms with E-state index in [2.05, 4.69) is 0 Å². The fourth-order valence-corrected chi connectivity index (χ4v) is 1.86. The molecule has 1 rings (SSSR count). The number of carboxylic acid groups (broad SMARTS) is 1. The Kier molecular flexibility index (Phi) is 5.74. The maximum absolute atomic E-state index is 12.7. The second kappa shape index (κ2) is 7.08. The number of hydrogen-bond donors (Lipinski definition) is 1. The Labute approximate surface area is 120 Å². The van der Waals surface area contributed by atoms with Crippen molar-refractivity contribution >= 4 is 17.6 Å². The monoisotopic (exact) mass is 277 g/mol. The highest BCUT2D eigenvalue weighted by Crippen LogP contribution is 2.27. The van der Waals surface area contributed by atoms with Crippen molar-refractivity contribution in [1.29, 1.82) is 0 Å². The third kappa shape index (κ3) is 4.37. The van der Waals surface area contributed by atoms with Crippen molar-refractivity contribution in [3.05, 3.63) is 30.3 Å². The maximum atomic E-state index is 12.7. The summed E-state index contributed by atoms with van der Waals surface area (Å²) in [5.41, 5.74) is 0.378. The highest BCUT2D eigenvalue weighted by molar-refractivity contribution is 5.97. The molecule has 110 valence electrons. The van der Waals surface area contributed by atoms with E-state index >= 15 is 0 Å². The molecular weight excluding hydrogens is 254 g/mol. The van der Waals surface area contributed by atoms with E-state index in [1.54, 1.807) is 4.90 Å². The van der Waals surface area contributed by atoms with Crippen LogP contribution >= 0.6 is 0 Å². The standard InChI is InChI=1S/C16H23NO3/c1-4-16(2,3)15(20)17(12-8-11-14(18)19)13-9-6-5-7-10-13/h5-7,9-10H,4,8,11-12H2,1-3H3,(H,18,19). The third-order valence-electron chi connectivity index (χ3n) is 3.55. The zero-order valence-electron chi connectivity index (χ0n) is 12.4. The van der Waals surface area contributed by atoms with Gasteiger partial charge in [-0.25, -0.2) is 0 Å². The van der Waals surface area contributed by atoms with Crippen LogP contribution in [0.4, 0.5) is 5.69 Å². The van der Waals surface area contributed by atoms with Gasteiger partial charge in [0.05, 0.1) is 0 Å². The molecule has 20 heavy (non-hydrogen) atoms. The summed E-state index contributed by atoms with van der Waals surface area (Å²) in [7, 11) is 0. The van der Waals surface area contributed by atoms with Gasteiger partial charge in [0.25, 0.3) is 0 Å². The number of benzene rings is 1. The highest BCUT2D eigenvalue weighted by atomic mass is 16.4. The maximum Gasteiger partial charge on any atom is 0.303 e. The lowest BCUT2D eigenvalue weighted by molar-refractivity contribution is -0.137. The lowest BCUT2D eigenvalue weighted by Crippen LogP contribution is -2.41. The van der Waals surface area contributed by atoms with Gasteiger partial charge in [-0.1, -0.05) is 39.0 Å². The van der Waals surface area contributed by atoms with Crippen molar-refractivity contribution in [1.82, 2.24) is 0 Å². The summed E-state index contributed by atoms with van der Waals surface area (Å²) in [4.78, 5) is 25.0. The molecule has 0 unspecified atom stereocenters. The fraction of sp³-hybridized carbons (Fsp3) is 0.500. The van der Waals surface area contributed by atoms with E-state index in [-0.39, 0.29) is 12.3 Å². The van der Waals surface area contributed by atoms with E-state index in [0.717, 1.165) is 12.1 Å². The Morgan fingerprint density at radius 2 is 1.80 bits per heavy atom. The molecule has 0 saturated heterocycles. The van der Waals surface area contributed by atoms with Crippen molar-refractivity contribution in [2.45, 2.75) is 40.0 Å². The van der Waals surface area contributed by atoms with Gasteiger partial charge in [0, 0.05) is 24.1 Å². The molecular formula is C16H23NO3. The van der Waals surface area contributed by atoms with E-state index in [0.29, 0.717) is 13.0 Å². The Bertz CT molecular complexity index is 454. The minimum Gasteiger partial charge on any atom is -0.481 e. The topological polar surface area (TPSA) is 57.6 Å². The summed E-state index contributed by atoms with van der Waals surface area (Å²) in [6.07, 6.45) is 1.27. The average molecular weight is 277 g/mol. The fourth-order valence-electron chi connectivity index (χ4n) is 1.86. The van der Waals surface area contributed by atoms with Crippen LogP contribution < -0.4 is 4.90 Å². The number of carboxylic acids is 1. The first-order valence-electron chi connectivity index (χ1n) is 6.97. The van der Waals surface area contributed by atoms with Crippen LogP contribution in [0.5, 0.6) is 0 Å². The molecule has 0 heterocycles. The molecule has 0 atom stereocenters. The molecule has 1 aromatic rings. The zero-order chi connectivity index (χ0) is 15.2. The molecule has 0 saturated carbocycles. The minimum absolute atomic E-state index is 0.0385. The van der Waals surface area contributed by atoms with Crippen molar-refractivity contribution in [2.24, 2.45) is 5.41 Å². The number of amides is 1. The molecule has 0 bridgehead atoms. The Morgan fingerprint density at radius 1 is 1.20 bits per heavy atom. The highest BCUT2D eigenvalue weighted by Gasteiger charge is 2.30. The van der Waals surface area contributed by atoms with Crippen LogP contribution in [0, 0.1) is 5.41 Å². The summed E-state index contributed by atoms with van der Waals surface area (Å²) >= 11 is 0. The van der Waals surface area contributed by atoms with Crippen LogP contribution in [-0.4, -0.2) is 23.5 Å². The quantitative estimate of drug-likeness (QED) is 0.831. The van der Waals surface area contributed by atoms with Gasteiger partial charge in [0.15, 0.2) is 0 Å². The van der Waals surface area contributed by atoms with E-state index in [1.165, 1.54) is 0 Å². The van der Waals surface area contributed by atoms with Gasteiger partial charge in [-0.05, 0) is 25.0 Å². The number of aliphatic carboxylic acids is 1. The van der Waals surface area contributed by atoms with Crippen molar-refractivity contribution < 1.29 is 14.7 Å². The second-order valence-corrected chi connectivity index (χ2v) is 5.53. The van der Waals surface area contributed by atoms with Crippen LogP contribution in [0.1, 0.15) is 40.0 Å². The van der Waals surface area contributed by atoms with Gasteiger partial charge < -0.3 is 10.0 Å². The number of rotatable bonds is 7.